The van der Waals surface area contributed by atoms with Crippen LogP contribution in [0.3, 0.4) is 0 Å². The summed E-state index contributed by atoms with van der Waals surface area (Å²) >= 11 is 3.55. The van der Waals surface area contributed by atoms with Gasteiger partial charge >= 0.3 is 0 Å². The normalized spacial score (nSPS) is 22.6. The molecule has 2 unspecified atom stereocenters. The Balaban J connectivity index is 1.45. The van der Waals surface area contributed by atoms with E-state index in [0.29, 0.717) is 12.1 Å². The van der Waals surface area contributed by atoms with Gasteiger partial charge < -0.3 is 10.2 Å². The Hall–Kier alpha value is -1.33. The Bertz CT molecular complexity index is 677. The molecule has 4 rings (SSSR count). The van der Waals surface area contributed by atoms with Crippen molar-refractivity contribution in [2.24, 2.45) is 13.0 Å². The number of halogens is 1. The summed E-state index contributed by atoms with van der Waals surface area (Å²) in [6, 6.07) is 9.90. The number of rotatable bonds is 5. The van der Waals surface area contributed by atoms with Gasteiger partial charge in [-0.2, -0.15) is 5.10 Å². The summed E-state index contributed by atoms with van der Waals surface area (Å²) in [6.07, 6.45) is 9.31. The molecule has 1 aromatic heterocycles. The number of nitrogens with zero attached hydrogens (tertiary/aromatic N) is 3. The number of benzene rings is 1. The Morgan fingerprint density at radius 2 is 2.00 bits per heavy atom. The van der Waals surface area contributed by atoms with Gasteiger partial charge in [-0.1, -0.05) is 28.1 Å². The number of hydrogen-bond donors (Lipinski definition) is 1. The number of hydrogen-bond acceptors (Lipinski definition) is 3. The zero-order valence-electron chi connectivity index (χ0n) is 14.2. The topological polar surface area (TPSA) is 33.1 Å². The summed E-state index contributed by atoms with van der Waals surface area (Å²) in [5.74, 6) is 0.806. The van der Waals surface area contributed by atoms with Crippen LogP contribution in [0.4, 0.5) is 5.69 Å². The second-order valence-corrected chi connectivity index (χ2v) is 8.11. The van der Waals surface area contributed by atoms with Crippen LogP contribution < -0.4 is 10.2 Å². The van der Waals surface area contributed by atoms with Crippen molar-refractivity contribution >= 4 is 21.6 Å². The molecule has 2 atom stereocenters. The van der Waals surface area contributed by atoms with Crippen LogP contribution in [0.25, 0.3) is 0 Å². The van der Waals surface area contributed by atoms with Crippen molar-refractivity contribution in [1.82, 2.24) is 15.1 Å². The molecule has 5 heteroatoms. The molecule has 2 fully saturated rings. The molecule has 0 bridgehead atoms. The molecule has 2 heterocycles. The van der Waals surface area contributed by atoms with Crippen molar-refractivity contribution in [3.8, 4) is 0 Å². The van der Waals surface area contributed by atoms with Gasteiger partial charge in [-0.05, 0) is 49.3 Å². The smallest absolute Gasteiger partial charge is 0.0752 e. The predicted octanol–water partition coefficient (Wildman–Crippen LogP) is 3.89. The van der Waals surface area contributed by atoms with Gasteiger partial charge in [-0.3, -0.25) is 4.68 Å². The monoisotopic (exact) mass is 388 g/mol. The van der Waals surface area contributed by atoms with E-state index in [0.717, 1.165) is 23.5 Å². The number of aryl methyl sites for hydroxylation is 1. The van der Waals surface area contributed by atoms with Gasteiger partial charge in [0.15, 0.2) is 0 Å². The third-order valence-corrected chi connectivity index (χ3v) is 5.74. The van der Waals surface area contributed by atoms with Gasteiger partial charge in [0, 0.05) is 42.9 Å². The minimum Gasteiger partial charge on any atom is -0.367 e. The SMILES string of the molecule is Cn1cc(N2CCCC(NC(c3ccc(Br)cc3)C3CC3)C2)cn1. The van der Waals surface area contributed by atoms with E-state index in [2.05, 4.69) is 61.7 Å². The van der Waals surface area contributed by atoms with Crippen molar-refractivity contribution in [3.63, 3.8) is 0 Å². The van der Waals surface area contributed by atoms with Crippen LogP contribution in [0, 0.1) is 5.92 Å². The fourth-order valence-electron chi connectivity index (χ4n) is 3.78. The fourth-order valence-corrected chi connectivity index (χ4v) is 4.04. The van der Waals surface area contributed by atoms with Gasteiger partial charge in [-0.25, -0.2) is 0 Å². The van der Waals surface area contributed by atoms with Crippen molar-refractivity contribution in [2.45, 2.75) is 37.8 Å². The predicted molar refractivity (Wildman–Crippen MR) is 101 cm³/mol. The van der Waals surface area contributed by atoms with Gasteiger partial charge in [-0.15, -0.1) is 0 Å². The Labute approximate surface area is 152 Å². The van der Waals surface area contributed by atoms with Gasteiger partial charge in [0.2, 0.25) is 0 Å². The number of anilines is 1. The van der Waals surface area contributed by atoms with Crippen molar-refractivity contribution < 1.29 is 0 Å². The highest BCUT2D eigenvalue weighted by atomic mass is 79.9. The highest BCUT2D eigenvalue weighted by Crippen LogP contribution is 2.41. The molecule has 128 valence electrons. The van der Waals surface area contributed by atoms with E-state index in [-0.39, 0.29) is 0 Å². The molecule has 1 aromatic carbocycles. The van der Waals surface area contributed by atoms with E-state index in [4.69, 9.17) is 0 Å². The van der Waals surface area contributed by atoms with Crippen LogP contribution in [-0.4, -0.2) is 28.9 Å². The summed E-state index contributed by atoms with van der Waals surface area (Å²) in [5.41, 5.74) is 2.68. The molecule has 4 nitrogen and oxygen atoms in total. The molecule has 1 N–H and O–H groups in total. The Morgan fingerprint density at radius 1 is 1.21 bits per heavy atom. The average molecular weight is 389 g/mol. The van der Waals surface area contributed by atoms with Crippen molar-refractivity contribution in [3.05, 3.63) is 46.7 Å². The zero-order chi connectivity index (χ0) is 16.5. The van der Waals surface area contributed by atoms with Crippen LogP contribution >= 0.6 is 15.9 Å². The highest BCUT2D eigenvalue weighted by Gasteiger charge is 2.34. The van der Waals surface area contributed by atoms with Crippen LogP contribution in [0.1, 0.15) is 37.3 Å². The van der Waals surface area contributed by atoms with Crippen LogP contribution in [0.2, 0.25) is 0 Å². The first-order chi connectivity index (χ1) is 11.7. The second-order valence-electron chi connectivity index (χ2n) is 7.19. The van der Waals surface area contributed by atoms with E-state index in [9.17, 15) is 0 Å². The lowest BCUT2D eigenvalue weighted by Gasteiger charge is -2.36. The average Bonchev–Trinajstić information content (AvgIpc) is 3.34. The van der Waals surface area contributed by atoms with Crippen LogP contribution in [0.15, 0.2) is 41.1 Å². The maximum absolute atomic E-state index is 4.32. The highest BCUT2D eigenvalue weighted by molar-refractivity contribution is 9.10. The van der Waals surface area contributed by atoms with Crippen molar-refractivity contribution in [1.29, 1.82) is 0 Å². The van der Waals surface area contributed by atoms with E-state index in [1.54, 1.807) is 0 Å². The molecule has 0 spiro atoms. The lowest BCUT2D eigenvalue weighted by atomic mass is 9.98. The molecule has 0 radical (unpaired) electrons. The summed E-state index contributed by atoms with van der Waals surface area (Å²) in [5, 5.41) is 8.30. The number of piperidine rings is 1. The maximum atomic E-state index is 4.32. The summed E-state index contributed by atoms with van der Waals surface area (Å²) < 4.78 is 3.04. The van der Waals surface area contributed by atoms with Crippen LogP contribution in [0.5, 0.6) is 0 Å². The van der Waals surface area contributed by atoms with Gasteiger partial charge in [0.25, 0.3) is 0 Å². The molecule has 1 saturated carbocycles. The first-order valence-corrected chi connectivity index (χ1v) is 9.73. The zero-order valence-corrected chi connectivity index (χ0v) is 15.7. The molecule has 2 aromatic rings. The van der Waals surface area contributed by atoms with Crippen molar-refractivity contribution in [2.75, 3.05) is 18.0 Å². The molecular formula is C19H25BrN4. The van der Waals surface area contributed by atoms with Gasteiger partial charge in [0.1, 0.15) is 0 Å². The molecule has 24 heavy (non-hydrogen) atoms. The van der Waals surface area contributed by atoms with E-state index in [1.165, 1.54) is 36.9 Å². The fraction of sp³-hybridized carbons (Fsp3) is 0.526. The quantitative estimate of drug-likeness (QED) is 0.842. The van der Waals surface area contributed by atoms with E-state index >= 15 is 0 Å². The third kappa shape index (κ3) is 3.67. The largest absolute Gasteiger partial charge is 0.367 e. The second kappa shape index (κ2) is 6.89. The minimum absolute atomic E-state index is 0.497. The third-order valence-electron chi connectivity index (χ3n) is 5.22. The van der Waals surface area contributed by atoms with E-state index in [1.807, 2.05) is 17.9 Å². The molecule has 1 aliphatic heterocycles. The lowest BCUT2D eigenvalue weighted by molar-refractivity contribution is 0.356. The summed E-state index contributed by atoms with van der Waals surface area (Å²) in [4.78, 5) is 2.47. The summed E-state index contributed by atoms with van der Waals surface area (Å²) in [6.45, 7) is 2.21. The van der Waals surface area contributed by atoms with E-state index < -0.39 is 0 Å². The molecule has 1 aliphatic carbocycles. The maximum Gasteiger partial charge on any atom is 0.0752 e. The Kier molecular flexibility index (Phi) is 4.63. The molecule has 2 aliphatic rings. The van der Waals surface area contributed by atoms with Crippen LogP contribution in [-0.2, 0) is 7.05 Å². The standard InChI is InChI=1S/C19H25BrN4/c1-23-13-18(11-21-23)24-10-2-3-17(12-24)22-19(14-4-5-14)15-6-8-16(20)9-7-15/h6-9,11,13-14,17,19,22H,2-5,10,12H2,1H3. The molecule has 0 amide bonds. The lowest BCUT2D eigenvalue weighted by Crippen LogP contribution is -2.47. The van der Waals surface area contributed by atoms with Gasteiger partial charge in [0.05, 0.1) is 11.9 Å². The first-order valence-electron chi connectivity index (χ1n) is 8.94. The molecular weight excluding hydrogens is 364 g/mol. The molecule has 1 saturated heterocycles. The number of nitrogens with one attached hydrogen (secondary N) is 1. The number of aromatic nitrogens is 2. The first kappa shape index (κ1) is 16.2. The minimum atomic E-state index is 0.497. The Morgan fingerprint density at radius 3 is 2.67 bits per heavy atom. The summed E-state index contributed by atoms with van der Waals surface area (Å²) in [7, 11) is 1.99.